The van der Waals surface area contributed by atoms with Crippen LogP contribution in [-0.4, -0.2) is 83.4 Å². The Labute approximate surface area is 247 Å². The molecule has 3 saturated heterocycles. The number of nitrogens with zero attached hydrogens (tertiary/aromatic N) is 4. The summed E-state index contributed by atoms with van der Waals surface area (Å²) in [7, 11) is 0. The van der Waals surface area contributed by atoms with E-state index >= 15 is 4.39 Å². The molecule has 3 aliphatic heterocycles. The van der Waals surface area contributed by atoms with Crippen LogP contribution in [0.1, 0.15) is 66.4 Å². The second-order valence-corrected chi connectivity index (χ2v) is 14.4. The van der Waals surface area contributed by atoms with E-state index in [2.05, 4.69) is 16.3 Å². The monoisotopic (exact) mass is 583 g/mol. The van der Waals surface area contributed by atoms with Crippen LogP contribution < -0.4 is 10.2 Å². The minimum absolute atomic E-state index is 0.00904. The Hall–Kier alpha value is -3.55. The van der Waals surface area contributed by atoms with Crippen molar-refractivity contribution < 1.29 is 28.2 Å². The molecular formula is C31H42FN5O5. The van der Waals surface area contributed by atoms with Gasteiger partial charge in [0, 0.05) is 49.7 Å². The first-order valence-electron chi connectivity index (χ1n) is 14.8. The van der Waals surface area contributed by atoms with Gasteiger partial charge in [0.25, 0.3) is 0 Å². The van der Waals surface area contributed by atoms with E-state index in [-0.39, 0.29) is 29.9 Å². The fourth-order valence-electron chi connectivity index (χ4n) is 6.77. The molecule has 0 radical (unpaired) electrons. The highest BCUT2D eigenvalue weighted by atomic mass is 19.1. The van der Waals surface area contributed by atoms with Gasteiger partial charge in [-0.2, -0.15) is 5.26 Å². The highest BCUT2D eigenvalue weighted by molar-refractivity contribution is 5.87. The van der Waals surface area contributed by atoms with Crippen molar-refractivity contribution in [3.05, 3.63) is 29.6 Å². The summed E-state index contributed by atoms with van der Waals surface area (Å²) in [4.78, 5) is 43.8. The third kappa shape index (κ3) is 6.13. The van der Waals surface area contributed by atoms with Gasteiger partial charge in [-0.3, -0.25) is 9.69 Å². The molecule has 1 spiro atoms. The first-order chi connectivity index (χ1) is 19.6. The molecular weight excluding hydrogens is 541 g/mol. The lowest BCUT2D eigenvalue weighted by Gasteiger charge is -2.60. The Morgan fingerprint density at radius 2 is 1.69 bits per heavy atom. The number of carbonyl (C=O) groups is 3. The average molecular weight is 584 g/mol. The van der Waals surface area contributed by atoms with Gasteiger partial charge in [-0.15, -0.1) is 0 Å². The van der Waals surface area contributed by atoms with Crippen molar-refractivity contribution in [1.29, 1.82) is 5.26 Å². The predicted octanol–water partition coefficient (Wildman–Crippen LogP) is 4.22. The summed E-state index contributed by atoms with van der Waals surface area (Å²) < 4.78 is 26.2. The second-order valence-electron chi connectivity index (χ2n) is 14.4. The first kappa shape index (κ1) is 29.9. The number of likely N-dealkylation sites (tertiary alicyclic amines) is 2. The molecule has 1 aromatic rings. The number of hydrogen-bond donors (Lipinski definition) is 1. The maximum absolute atomic E-state index is 15.2. The lowest BCUT2D eigenvalue weighted by atomic mass is 9.73. The number of halogens is 1. The molecule has 1 aliphatic carbocycles. The highest BCUT2D eigenvalue weighted by Crippen LogP contribution is 2.44. The molecule has 1 N–H and O–H groups in total. The smallest absolute Gasteiger partial charge is 0.411 e. The van der Waals surface area contributed by atoms with Crippen LogP contribution in [0.3, 0.4) is 0 Å². The molecule has 1 saturated carbocycles. The Morgan fingerprint density at radius 1 is 1.05 bits per heavy atom. The summed E-state index contributed by atoms with van der Waals surface area (Å²) in [5.41, 5.74) is -0.139. The van der Waals surface area contributed by atoms with Gasteiger partial charge in [-0.05, 0) is 84.4 Å². The van der Waals surface area contributed by atoms with Crippen molar-refractivity contribution in [2.45, 2.75) is 96.6 Å². The molecule has 0 aromatic heterocycles. The molecule has 4 atom stereocenters. The summed E-state index contributed by atoms with van der Waals surface area (Å²) in [5, 5.41) is 12.6. The topological polar surface area (TPSA) is 115 Å². The van der Waals surface area contributed by atoms with E-state index < -0.39 is 41.1 Å². The van der Waals surface area contributed by atoms with Crippen LogP contribution >= 0.6 is 0 Å². The van der Waals surface area contributed by atoms with E-state index in [4.69, 9.17) is 9.47 Å². The standard InChI is InChI=1S/C31H42FN5O5/c1-29(2,3)41-27(39)36-17-31(18-36)15-35(16-31)22-9-7-19(24(32)13-22)11-21(14-33)34-26(38)25-20-8-10-23(12-20)37(25)28(40)42-30(4,5)6/h7,9,13,20-21,23,25H,8,10-12,15-18H2,1-6H3,(H,34,38)/t20-,21-,23+,25-/m0/s1. The molecule has 11 heteroatoms. The normalized spacial score (nSPS) is 24.9. The van der Waals surface area contributed by atoms with Crippen molar-refractivity contribution in [2.24, 2.45) is 11.3 Å². The van der Waals surface area contributed by atoms with Crippen molar-refractivity contribution >= 4 is 23.8 Å². The number of piperidine rings is 1. The zero-order chi connectivity index (χ0) is 30.6. The largest absolute Gasteiger partial charge is 0.444 e. The third-order valence-corrected chi connectivity index (χ3v) is 8.51. The fourth-order valence-corrected chi connectivity index (χ4v) is 6.77. The van der Waals surface area contributed by atoms with Crippen molar-refractivity contribution in [2.75, 3.05) is 31.1 Å². The van der Waals surface area contributed by atoms with E-state index in [1.165, 1.54) is 11.0 Å². The zero-order valence-electron chi connectivity index (χ0n) is 25.4. The third-order valence-electron chi connectivity index (χ3n) is 8.51. The van der Waals surface area contributed by atoms with Crippen molar-refractivity contribution in [3.8, 4) is 6.07 Å². The quantitative estimate of drug-likeness (QED) is 0.552. The zero-order valence-corrected chi connectivity index (χ0v) is 25.4. The predicted molar refractivity (Wildman–Crippen MR) is 153 cm³/mol. The van der Waals surface area contributed by atoms with Crippen LogP contribution in [0, 0.1) is 28.5 Å². The van der Waals surface area contributed by atoms with Gasteiger partial charge in [0.2, 0.25) is 5.91 Å². The Balaban J connectivity index is 1.15. The molecule has 42 heavy (non-hydrogen) atoms. The number of amides is 3. The molecule has 10 nitrogen and oxygen atoms in total. The molecule has 4 fully saturated rings. The summed E-state index contributed by atoms with van der Waals surface area (Å²) in [6, 6.07) is 5.34. The van der Waals surface area contributed by atoms with E-state index in [1.807, 2.05) is 26.8 Å². The van der Waals surface area contributed by atoms with Crippen molar-refractivity contribution in [1.82, 2.24) is 15.1 Å². The Bertz CT molecular complexity index is 1280. The maximum atomic E-state index is 15.2. The minimum Gasteiger partial charge on any atom is -0.444 e. The molecule has 4 aliphatic rings. The molecule has 3 heterocycles. The van der Waals surface area contributed by atoms with Crippen LogP contribution in [0.5, 0.6) is 0 Å². The van der Waals surface area contributed by atoms with Crippen molar-refractivity contribution in [3.63, 3.8) is 0 Å². The molecule has 0 unspecified atom stereocenters. The number of ether oxygens (including phenoxy) is 2. The van der Waals surface area contributed by atoms with Gasteiger partial charge in [0.1, 0.15) is 29.1 Å². The number of fused-ring (bicyclic) bond motifs is 2. The van der Waals surface area contributed by atoms with E-state index in [0.29, 0.717) is 18.7 Å². The number of benzene rings is 1. The molecule has 2 bridgehead atoms. The SMILES string of the molecule is CC(C)(C)OC(=O)N1CC2(C1)CN(c1ccc(C[C@@H](C#N)NC(=O)[C@@H]3[C@H]4CC[C@H](C4)N3C(=O)OC(C)(C)C)c(F)c1)C2. The lowest BCUT2D eigenvalue weighted by molar-refractivity contribution is -0.128. The summed E-state index contributed by atoms with van der Waals surface area (Å²) in [6.07, 6.45) is 1.59. The van der Waals surface area contributed by atoms with Crippen LogP contribution in [0.4, 0.5) is 19.7 Å². The van der Waals surface area contributed by atoms with Crippen LogP contribution in [0.2, 0.25) is 0 Å². The van der Waals surface area contributed by atoms with Crippen LogP contribution in [0.25, 0.3) is 0 Å². The first-order valence-corrected chi connectivity index (χ1v) is 14.8. The van der Waals surface area contributed by atoms with Crippen LogP contribution in [0.15, 0.2) is 18.2 Å². The van der Waals surface area contributed by atoms with Gasteiger partial charge in [0.05, 0.1) is 6.07 Å². The van der Waals surface area contributed by atoms with Gasteiger partial charge >= 0.3 is 12.2 Å². The number of hydrogen-bond acceptors (Lipinski definition) is 7. The summed E-state index contributed by atoms with van der Waals surface area (Å²) in [5.74, 6) is -0.824. The Kier molecular flexibility index (Phi) is 7.57. The summed E-state index contributed by atoms with van der Waals surface area (Å²) >= 11 is 0. The lowest BCUT2D eigenvalue weighted by Crippen LogP contribution is -2.73. The van der Waals surface area contributed by atoms with Gasteiger partial charge in [-0.25, -0.2) is 14.0 Å². The number of rotatable bonds is 5. The number of nitrogens with one attached hydrogen (secondary N) is 1. The van der Waals surface area contributed by atoms with Crippen LogP contribution in [-0.2, 0) is 20.7 Å². The number of nitriles is 1. The number of carbonyl (C=O) groups excluding carboxylic acids is 3. The van der Waals surface area contributed by atoms with Gasteiger partial charge < -0.3 is 24.6 Å². The summed E-state index contributed by atoms with van der Waals surface area (Å²) in [6.45, 7) is 13.6. The van der Waals surface area contributed by atoms with E-state index in [0.717, 1.165) is 38.0 Å². The second kappa shape index (κ2) is 10.6. The fraction of sp³-hybridized carbons (Fsp3) is 0.677. The minimum atomic E-state index is -0.946. The molecule has 1 aromatic carbocycles. The maximum Gasteiger partial charge on any atom is 0.411 e. The molecule has 5 rings (SSSR count). The highest BCUT2D eigenvalue weighted by Gasteiger charge is 2.54. The van der Waals surface area contributed by atoms with E-state index in [1.54, 1.807) is 31.7 Å². The van der Waals surface area contributed by atoms with Gasteiger partial charge in [0.15, 0.2) is 0 Å². The Morgan fingerprint density at radius 3 is 2.29 bits per heavy atom. The van der Waals surface area contributed by atoms with E-state index in [9.17, 15) is 19.6 Å². The molecule has 228 valence electrons. The number of anilines is 1. The molecule has 3 amide bonds. The van der Waals surface area contributed by atoms with Gasteiger partial charge in [-0.1, -0.05) is 6.07 Å². The average Bonchev–Trinajstić information content (AvgIpc) is 3.43.